The summed E-state index contributed by atoms with van der Waals surface area (Å²) < 4.78 is 4.84. The number of methoxy groups -OCH3 is 1. The summed E-state index contributed by atoms with van der Waals surface area (Å²) in [6.45, 7) is 3.87. The Morgan fingerprint density at radius 1 is 0.861 bits per heavy atom. The largest absolute Gasteiger partial charge is 0.375 e. The highest BCUT2D eigenvalue weighted by molar-refractivity contribution is 5.93. The van der Waals surface area contributed by atoms with Crippen LogP contribution in [0.1, 0.15) is 16.8 Å². The fourth-order valence-corrected chi connectivity index (χ4v) is 4.54. The molecular formula is C28H30N6O2. The monoisotopic (exact) mass is 482 g/mol. The molecule has 5 rings (SSSR count). The molecule has 1 aliphatic rings. The van der Waals surface area contributed by atoms with Gasteiger partial charge >= 0.3 is 0 Å². The maximum absolute atomic E-state index is 11.6. The number of nitrogens with zero attached hydrogens (tertiary/aromatic N) is 5. The van der Waals surface area contributed by atoms with E-state index >= 15 is 0 Å². The smallest absolute Gasteiger partial charge is 0.246 e. The maximum Gasteiger partial charge on any atom is 0.246 e. The fraction of sp³-hybridized carbons (Fsp3) is 0.286. The van der Waals surface area contributed by atoms with Gasteiger partial charge in [0.25, 0.3) is 0 Å². The van der Waals surface area contributed by atoms with E-state index in [9.17, 15) is 4.79 Å². The lowest BCUT2D eigenvalue weighted by Crippen LogP contribution is -2.47. The molecule has 36 heavy (non-hydrogen) atoms. The number of hydrogen-bond acceptors (Lipinski definition) is 7. The van der Waals surface area contributed by atoms with Gasteiger partial charge in [-0.1, -0.05) is 60.7 Å². The van der Waals surface area contributed by atoms with Crippen molar-refractivity contribution in [3.63, 3.8) is 0 Å². The standard InChI is InChI=1S/C28H30N6O2/c1-36-20-27(35)30-19-22-11-12-26(29-18-22)33-13-15-34(16-14-33)28-24-10-6-5-9-23(24)25(31-32-28)17-21-7-3-2-4-8-21/h2-12,18H,13-17,19-20H2,1H3,(H,30,35). The van der Waals surface area contributed by atoms with Crippen LogP contribution in [0.5, 0.6) is 0 Å². The first-order valence-electron chi connectivity index (χ1n) is 12.2. The zero-order valence-corrected chi connectivity index (χ0v) is 20.4. The van der Waals surface area contributed by atoms with Crippen LogP contribution in [-0.4, -0.2) is 61.0 Å². The molecular weight excluding hydrogens is 452 g/mol. The van der Waals surface area contributed by atoms with Gasteiger partial charge in [-0.2, -0.15) is 5.10 Å². The van der Waals surface area contributed by atoms with Crippen LogP contribution in [0.2, 0.25) is 0 Å². The van der Waals surface area contributed by atoms with Crippen molar-refractivity contribution in [3.8, 4) is 0 Å². The number of amides is 1. The van der Waals surface area contributed by atoms with E-state index in [0.717, 1.165) is 66.3 Å². The molecule has 0 saturated carbocycles. The Kier molecular flexibility index (Phi) is 7.33. The number of carbonyl (C=O) groups is 1. The number of rotatable bonds is 8. The van der Waals surface area contributed by atoms with Crippen molar-refractivity contribution in [2.45, 2.75) is 13.0 Å². The third kappa shape index (κ3) is 5.44. The molecule has 1 fully saturated rings. The molecule has 2 aromatic heterocycles. The molecule has 0 bridgehead atoms. The van der Waals surface area contributed by atoms with Gasteiger partial charge in [-0.05, 0) is 17.2 Å². The quantitative estimate of drug-likeness (QED) is 0.413. The molecule has 1 aliphatic heterocycles. The highest BCUT2D eigenvalue weighted by Crippen LogP contribution is 2.28. The molecule has 0 spiro atoms. The summed E-state index contributed by atoms with van der Waals surface area (Å²) in [5.74, 6) is 1.74. The average Bonchev–Trinajstić information content (AvgIpc) is 2.93. The summed E-state index contributed by atoms with van der Waals surface area (Å²) in [5.41, 5.74) is 3.19. The van der Waals surface area contributed by atoms with E-state index in [2.05, 4.69) is 78.8 Å². The van der Waals surface area contributed by atoms with E-state index in [1.807, 2.05) is 24.4 Å². The molecule has 0 radical (unpaired) electrons. The van der Waals surface area contributed by atoms with Gasteiger partial charge < -0.3 is 19.9 Å². The van der Waals surface area contributed by atoms with Gasteiger partial charge in [0.05, 0.1) is 5.69 Å². The van der Waals surface area contributed by atoms with Gasteiger partial charge in [-0.25, -0.2) is 4.98 Å². The van der Waals surface area contributed by atoms with Crippen LogP contribution in [0.15, 0.2) is 72.9 Å². The molecule has 0 aliphatic carbocycles. The molecule has 4 aromatic rings. The van der Waals surface area contributed by atoms with Crippen LogP contribution in [0.25, 0.3) is 10.8 Å². The number of nitrogens with one attached hydrogen (secondary N) is 1. The van der Waals surface area contributed by atoms with E-state index in [4.69, 9.17) is 4.74 Å². The number of anilines is 2. The highest BCUT2D eigenvalue weighted by atomic mass is 16.5. The Balaban J connectivity index is 1.25. The summed E-state index contributed by atoms with van der Waals surface area (Å²) >= 11 is 0. The number of pyridine rings is 1. The van der Waals surface area contributed by atoms with Crippen LogP contribution in [0.4, 0.5) is 11.6 Å². The minimum Gasteiger partial charge on any atom is -0.375 e. The maximum atomic E-state index is 11.6. The molecule has 1 saturated heterocycles. The van der Waals surface area contributed by atoms with Crippen LogP contribution < -0.4 is 15.1 Å². The normalized spacial score (nSPS) is 13.7. The molecule has 1 N–H and O–H groups in total. The number of piperazine rings is 1. The predicted molar refractivity (Wildman–Crippen MR) is 141 cm³/mol. The van der Waals surface area contributed by atoms with Crippen molar-refractivity contribution in [1.82, 2.24) is 20.5 Å². The van der Waals surface area contributed by atoms with E-state index < -0.39 is 0 Å². The number of ether oxygens (including phenoxy) is 1. The van der Waals surface area contributed by atoms with Crippen LogP contribution in [0, 0.1) is 0 Å². The highest BCUT2D eigenvalue weighted by Gasteiger charge is 2.22. The predicted octanol–water partition coefficient (Wildman–Crippen LogP) is 3.20. The molecule has 184 valence electrons. The van der Waals surface area contributed by atoms with E-state index in [1.54, 1.807) is 0 Å². The van der Waals surface area contributed by atoms with Crippen molar-refractivity contribution in [3.05, 3.63) is 89.7 Å². The number of carbonyl (C=O) groups excluding carboxylic acids is 1. The second-order valence-corrected chi connectivity index (χ2v) is 8.89. The lowest BCUT2D eigenvalue weighted by atomic mass is 10.0. The lowest BCUT2D eigenvalue weighted by molar-refractivity contribution is -0.124. The molecule has 3 heterocycles. The van der Waals surface area contributed by atoms with Crippen LogP contribution >= 0.6 is 0 Å². The van der Waals surface area contributed by atoms with E-state index in [1.165, 1.54) is 12.7 Å². The Morgan fingerprint density at radius 3 is 2.31 bits per heavy atom. The number of hydrogen-bond donors (Lipinski definition) is 1. The van der Waals surface area contributed by atoms with Crippen molar-refractivity contribution in [1.29, 1.82) is 0 Å². The van der Waals surface area contributed by atoms with Gasteiger partial charge in [-0.3, -0.25) is 4.79 Å². The van der Waals surface area contributed by atoms with E-state index in [-0.39, 0.29) is 12.5 Å². The van der Waals surface area contributed by atoms with Gasteiger partial charge in [0.2, 0.25) is 5.91 Å². The average molecular weight is 483 g/mol. The minimum atomic E-state index is -0.138. The third-order valence-electron chi connectivity index (χ3n) is 6.44. The second-order valence-electron chi connectivity index (χ2n) is 8.89. The topological polar surface area (TPSA) is 83.5 Å². The number of benzene rings is 2. The summed E-state index contributed by atoms with van der Waals surface area (Å²) in [7, 11) is 1.51. The molecule has 0 atom stereocenters. The Morgan fingerprint density at radius 2 is 1.58 bits per heavy atom. The fourth-order valence-electron chi connectivity index (χ4n) is 4.54. The van der Waals surface area contributed by atoms with Crippen molar-refractivity contribution in [2.24, 2.45) is 0 Å². The Labute approximate surface area is 210 Å². The number of aromatic nitrogens is 3. The SMILES string of the molecule is COCC(=O)NCc1ccc(N2CCN(c3nnc(Cc4ccccc4)c4ccccc34)CC2)nc1. The summed E-state index contributed by atoms with van der Waals surface area (Å²) in [5, 5.41) is 14.4. The van der Waals surface area contributed by atoms with E-state index in [0.29, 0.717) is 6.54 Å². The number of fused-ring (bicyclic) bond motifs is 1. The summed E-state index contributed by atoms with van der Waals surface area (Å²) in [4.78, 5) is 20.8. The molecule has 1 amide bonds. The molecule has 2 aromatic carbocycles. The van der Waals surface area contributed by atoms with Crippen LogP contribution in [-0.2, 0) is 22.5 Å². The summed E-state index contributed by atoms with van der Waals surface area (Å²) in [6, 6.07) is 22.8. The first kappa shape index (κ1) is 23.7. The van der Waals surface area contributed by atoms with Crippen LogP contribution in [0.3, 0.4) is 0 Å². The van der Waals surface area contributed by atoms with Crippen molar-refractivity contribution < 1.29 is 9.53 Å². The Bertz CT molecular complexity index is 1300. The first-order chi connectivity index (χ1) is 17.7. The third-order valence-corrected chi connectivity index (χ3v) is 6.44. The minimum absolute atomic E-state index is 0.0607. The van der Waals surface area contributed by atoms with Gasteiger partial charge in [0, 0.05) is 63.2 Å². The van der Waals surface area contributed by atoms with Gasteiger partial charge in [-0.15, -0.1) is 5.10 Å². The second kappa shape index (κ2) is 11.1. The molecule has 8 nitrogen and oxygen atoms in total. The van der Waals surface area contributed by atoms with Gasteiger partial charge in [0.1, 0.15) is 12.4 Å². The van der Waals surface area contributed by atoms with Crippen molar-refractivity contribution >= 4 is 28.3 Å². The zero-order chi connectivity index (χ0) is 24.7. The molecule has 8 heteroatoms. The summed E-state index contributed by atoms with van der Waals surface area (Å²) in [6.07, 6.45) is 2.58. The Hall–Kier alpha value is -4.04. The zero-order valence-electron chi connectivity index (χ0n) is 20.4. The van der Waals surface area contributed by atoms with Gasteiger partial charge in [0.15, 0.2) is 5.82 Å². The first-order valence-corrected chi connectivity index (χ1v) is 12.2. The molecule has 0 unspecified atom stereocenters. The lowest BCUT2D eigenvalue weighted by Gasteiger charge is -2.36. The van der Waals surface area contributed by atoms with Crippen molar-refractivity contribution in [2.75, 3.05) is 49.7 Å².